The first-order chi connectivity index (χ1) is 8.19. The third kappa shape index (κ3) is 2.71. The molecule has 84 valence electrons. The molecule has 0 aliphatic heterocycles. The summed E-state index contributed by atoms with van der Waals surface area (Å²) in [5.74, 6) is -0.266. The number of nitriles is 1. The van der Waals surface area contributed by atoms with Crippen molar-refractivity contribution < 1.29 is 10.2 Å². The Balaban J connectivity index is 2.20. The molecular weight excluding hydrogens is 234 g/mol. The van der Waals surface area contributed by atoms with Gasteiger partial charge in [0, 0.05) is 9.79 Å². The first-order valence-corrected chi connectivity index (χ1v) is 5.70. The molecule has 0 saturated heterocycles. The van der Waals surface area contributed by atoms with Gasteiger partial charge in [-0.3, -0.25) is 0 Å². The van der Waals surface area contributed by atoms with Crippen molar-refractivity contribution in [2.45, 2.75) is 9.79 Å². The normalized spacial score (nSPS) is 9.82. The number of phenols is 2. The molecule has 2 N–H and O–H groups in total. The van der Waals surface area contributed by atoms with E-state index < -0.39 is 0 Å². The maximum absolute atomic E-state index is 9.35. The number of hydrogen-bond donors (Lipinski definition) is 2. The minimum atomic E-state index is -0.136. The molecule has 3 nitrogen and oxygen atoms in total. The van der Waals surface area contributed by atoms with Gasteiger partial charge in [-0.05, 0) is 42.5 Å². The predicted octanol–water partition coefficient (Wildman–Crippen LogP) is 3.12. The van der Waals surface area contributed by atoms with E-state index in [1.807, 2.05) is 12.1 Å². The summed E-state index contributed by atoms with van der Waals surface area (Å²) in [5.41, 5.74) is 0.614. The Labute approximate surface area is 103 Å². The van der Waals surface area contributed by atoms with Crippen LogP contribution in [0, 0.1) is 11.3 Å². The zero-order chi connectivity index (χ0) is 12.3. The number of phenolic OH excluding ortho intramolecular Hbond substituents is 2. The Morgan fingerprint density at radius 2 is 1.53 bits per heavy atom. The van der Waals surface area contributed by atoms with Crippen molar-refractivity contribution in [2.24, 2.45) is 0 Å². The Hall–Kier alpha value is -2.12. The van der Waals surface area contributed by atoms with Crippen LogP contribution in [-0.2, 0) is 0 Å². The van der Waals surface area contributed by atoms with Gasteiger partial charge < -0.3 is 10.2 Å². The predicted molar refractivity (Wildman–Crippen MR) is 65.1 cm³/mol. The highest BCUT2D eigenvalue weighted by atomic mass is 32.2. The van der Waals surface area contributed by atoms with Crippen molar-refractivity contribution in [1.29, 1.82) is 5.26 Å². The van der Waals surface area contributed by atoms with Gasteiger partial charge in [0.2, 0.25) is 0 Å². The molecule has 0 radical (unpaired) electrons. The van der Waals surface area contributed by atoms with E-state index in [0.29, 0.717) is 5.56 Å². The molecule has 0 atom stereocenters. The molecule has 0 saturated carbocycles. The fraction of sp³-hybridized carbons (Fsp3) is 0. The van der Waals surface area contributed by atoms with E-state index in [4.69, 9.17) is 5.26 Å². The van der Waals surface area contributed by atoms with E-state index >= 15 is 0 Å². The molecule has 0 aliphatic carbocycles. The van der Waals surface area contributed by atoms with Gasteiger partial charge in [0.05, 0.1) is 11.6 Å². The quantitative estimate of drug-likeness (QED) is 0.795. The fourth-order valence-electron chi connectivity index (χ4n) is 1.30. The van der Waals surface area contributed by atoms with Gasteiger partial charge in [-0.1, -0.05) is 11.8 Å². The molecule has 2 rings (SSSR count). The molecule has 17 heavy (non-hydrogen) atoms. The number of rotatable bonds is 2. The van der Waals surface area contributed by atoms with E-state index in [1.54, 1.807) is 18.2 Å². The Kier molecular flexibility index (Phi) is 3.22. The standard InChI is InChI=1S/C13H9NO2S/c14-8-9-1-3-10(4-2-9)17-11-5-6-12(15)13(16)7-11/h1-7,15-16H. The summed E-state index contributed by atoms with van der Waals surface area (Å²) in [4.78, 5) is 1.79. The van der Waals surface area contributed by atoms with Gasteiger partial charge >= 0.3 is 0 Å². The molecule has 0 spiro atoms. The Morgan fingerprint density at radius 1 is 0.882 bits per heavy atom. The Bertz CT molecular complexity index is 573. The number of aromatic hydroxyl groups is 2. The van der Waals surface area contributed by atoms with Crippen molar-refractivity contribution in [3.63, 3.8) is 0 Å². The van der Waals surface area contributed by atoms with Crippen LogP contribution in [0.3, 0.4) is 0 Å². The maximum atomic E-state index is 9.35. The van der Waals surface area contributed by atoms with Crippen molar-refractivity contribution >= 4 is 11.8 Å². The summed E-state index contributed by atoms with van der Waals surface area (Å²) in [5, 5.41) is 27.2. The second kappa shape index (κ2) is 4.81. The van der Waals surface area contributed by atoms with E-state index in [-0.39, 0.29) is 11.5 Å². The van der Waals surface area contributed by atoms with E-state index in [9.17, 15) is 10.2 Å². The largest absolute Gasteiger partial charge is 0.504 e. The van der Waals surface area contributed by atoms with Crippen LogP contribution >= 0.6 is 11.8 Å². The monoisotopic (exact) mass is 243 g/mol. The average Bonchev–Trinajstić information content (AvgIpc) is 2.35. The van der Waals surface area contributed by atoms with Crippen LogP contribution < -0.4 is 0 Å². The molecule has 2 aromatic carbocycles. The highest BCUT2D eigenvalue weighted by molar-refractivity contribution is 7.99. The third-order valence-electron chi connectivity index (χ3n) is 2.17. The summed E-state index contributed by atoms with van der Waals surface area (Å²) in [6, 6.07) is 13.9. The average molecular weight is 243 g/mol. The van der Waals surface area contributed by atoms with Crippen molar-refractivity contribution in [2.75, 3.05) is 0 Å². The van der Waals surface area contributed by atoms with Gasteiger partial charge in [-0.25, -0.2) is 0 Å². The van der Waals surface area contributed by atoms with Crippen LogP contribution in [0.2, 0.25) is 0 Å². The summed E-state index contributed by atoms with van der Waals surface area (Å²) in [6.07, 6.45) is 0. The number of nitrogens with zero attached hydrogens (tertiary/aromatic N) is 1. The lowest BCUT2D eigenvalue weighted by atomic mass is 10.2. The van der Waals surface area contributed by atoms with E-state index in [2.05, 4.69) is 6.07 Å². The lowest BCUT2D eigenvalue weighted by molar-refractivity contribution is 0.402. The SMILES string of the molecule is N#Cc1ccc(Sc2ccc(O)c(O)c2)cc1. The number of hydrogen-bond acceptors (Lipinski definition) is 4. The molecule has 0 aromatic heterocycles. The second-order valence-corrected chi connectivity index (χ2v) is 4.54. The van der Waals surface area contributed by atoms with Gasteiger partial charge in [-0.2, -0.15) is 5.26 Å². The first-order valence-electron chi connectivity index (χ1n) is 4.89. The minimum absolute atomic E-state index is 0.130. The van der Waals surface area contributed by atoms with Crippen molar-refractivity contribution in [1.82, 2.24) is 0 Å². The summed E-state index contributed by atoms with van der Waals surface area (Å²) >= 11 is 1.45. The summed E-state index contributed by atoms with van der Waals surface area (Å²) in [6.45, 7) is 0. The van der Waals surface area contributed by atoms with Crippen LogP contribution in [0.1, 0.15) is 5.56 Å². The van der Waals surface area contributed by atoms with Crippen molar-refractivity contribution in [3.05, 3.63) is 48.0 Å². The zero-order valence-corrected chi connectivity index (χ0v) is 9.61. The third-order valence-corrected chi connectivity index (χ3v) is 3.16. The summed E-state index contributed by atoms with van der Waals surface area (Å²) < 4.78 is 0. The molecule has 0 unspecified atom stereocenters. The summed E-state index contributed by atoms with van der Waals surface area (Å²) in [7, 11) is 0. The molecule has 2 aromatic rings. The lowest BCUT2D eigenvalue weighted by Gasteiger charge is -2.03. The molecule has 0 heterocycles. The van der Waals surface area contributed by atoms with Gasteiger partial charge in [0.15, 0.2) is 11.5 Å². The van der Waals surface area contributed by atoms with Crippen LogP contribution in [0.5, 0.6) is 11.5 Å². The van der Waals surface area contributed by atoms with E-state index in [1.165, 1.54) is 23.9 Å². The second-order valence-electron chi connectivity index (χ2n) is 3.39. The molecule has 0 aliphatic rings. The fourth-order valence-corrected chi connectivity index (χ4v) is 2.15. The zero-order valence-electron chi connectivity index (χ0n) is 8.79. The molecule has 0 amide bonds. The van der Waals surface area contributed by atoms with E-state index in [0.717, 1.165) is 9.79 Å². The highest BCUT2D eigenvalue weighted by Gasteiger charge is 2.02. The maximum Gasteiger partial charge on any atom is 0.158 e. The highest BCUT2D eigenvalue weighted by Crippen LogP contribution is 2.33. The van der Waals surface area contributed by atoms with Crippen molar-refractivity contribution in [3.8, 4) is 17.6 Å². The first kappa shape index (κ1) is 11.4. The topological polar surface area (TPSA) is 64.2 Å². The smallest absolute Gasteiger partial charge is 0.158 e. The molecule has 0 bridgehead atoms. The lowest BCUT2D eigenvalue weighted by Crippen LogP contribution is -1.76. The molecular formula is C13H9NO2S. The minimum Gasteiger partial charge on any atom is -0.504 e. The van der Waals surface area contributed by atoms with Crippen LogP contribution in [0.15, 0.2) is 52.3 Å². The van der Waals surface area contributed by atoms with Crippen LogP contribution in [-0.4, -0.2) is 10.2 Å². The van der Waals surface area contributed by atoms with Crippen LogP contribution in [0.4, 0.5) is 0 Å². The van der Waals surface area contributed by atoms with Gasteiger partial charge in [0.25, 0.3) is 0 Å². The molecule has 0 fully saturated rings. The van der Waals surface area contributed by atoms with Crippen LogP contribution in [0.25, 0.3) is 0 Å². The van der Waals surface area contributed by atoms with Gasteiger partial charge in [0.1, 0.15) is 0 Å². The van der Waals surface area contributed by atoms with Gasteiger partial charge in [-0.15, -0.1) is 0 Å². The molecule has 4 heteroatoms. The Morgan fingerprint density at radius 3 is 2.12 bits per heavy atom. The number of benzene rings is 2.